The Hall–Kier alpha value is -2.08. The van der Waals surface area contributed by atoms with Crippen LogP contribution in [-0.4, -0.2) is 19.4 Å². The van der Waals surface area contributed by atoms with Crippen molar-refractivity contribution in [3.05, 3.63) is 36.4 Å². The van der Waals surface area contributed by atoms with Gasteiger partial charge in [-0.15, -0.1) is 0 Å². The van der Waals surface area contributed by atoms with Crippen molar-refractivity contribution >= 4 is 21.7 Å². The predicted molar refractivity (Wildman–Crippen MR) is 62.3 cm³/mol. The summed E-state index contributed by atoms with van der Waals surface area (Å²) in [6.07, 6.45) is 1.28. The molecule has 0 radical (unpaired) electrons. The molecule has 17 heavy (non-hydrogen) atoms. The molecule has 4 nitrogen and oxygen atoms in total. The molecule has 6 heteroatoms. The quantitative estimate of drug-likeness (QED) is 0.718. The molecule has 0 spiro atoms. The number of nitrogens with zero attached hydrogens (tertiary/aromatic N) is 3. The first-order valence-corrected chi connectivity index (χ1v) is 5.58. The van der Waals surface area contributed by atoms with E-state index in [0.717, 1.165) is 5.56 Å². The Morgan fingerprint density at radius 2 is 1.88 bits per heavy atom. The molecular weight excluding hydrogens is 241 g/mol. The van der Waals surface area contributed by atoms with Crippen LogP contribution in [0.4, 0.5) is 4.39 Å². The Morgan fingerprint density at radius 3 is 2.65 bits per heavy atom. The van der Waals surface area contributed by atoms with Gasteiger partial charge in [0.1, 0.15) is 17.5 Å². The maximum atomic E-state index is 12.8. The number of halogens is 1. The third-order valence-corrected chi connectivity index (χ3v) is 3.13. The summed E-state index contributed by atoms with van der Waals surface area (Å²) in [4.78, 5) is 8.35. The van der Waals surface area contributed by atoms with Gasteiger partial charge in [0, 0.05) is 5.56 Å². The lowest BCUT2D eigenvalue weighted by Crippen LogP contribution is -1.83. The van der Waals surface area contributed by atoms with Crippen LogP contribution in [0.15, 0.2) is 30.6 Å². The second-order valence-electron chi connectivity index (χ2n) is 3.42. The Morgan fingerprint density at radius 1 is 1.12 bits per heavy atom. The van der Waals surface area contributed by atoms with Crippen LogP contribution in [0.5, 0.6) is 5.88 Å². The molecular formula is C11H6FN3OS. The number of fused-ring (bicyclic) bond motifs is 1. The highest BCUT2D eigenvalue weighted by molar-refractivity contribution is 7.13. The lowest BCUT2D eigenvalue weighted by Gasteiger charge is -1.98. The Labute approximate surface area is 99.6 Å². The van der Waals surface area contributed by atoms with E-state index in [4.69, 9.17) is 0 Å². The molecule has 0 fully saturated rings. The Kier molecular flexibility index (Phi) is 2.22. The predicted octanol–water partition coefficient (Wildman–Crippen LogP) is 2.60. The van der Waals surface area contributed by atoms with Crippen LogP contribution >= 0.6 is 11.5 Å². The fourth-order valence-corrected chi connectivity index (χ4v) is 2.32. The molecule has 2 aromatic heterocycles. The molecule has 3 aromatic rings. The molecule has 3 rings (SSSR count). The van der Waals surface area contributed by atoms with Gasteiger partial charge in [0.15, 0.2) is 4.83 Å². The summed E-state index contributed by atoms with van der Waals surface area (Å²) in [6.45, 7) is 0. The molecule has 1 aromatic carbocycles. The number of aromatic hydroxyl groups is 1. The van der Waals surface area contributed by atoms with Gasteiger partial charge in [-0.2, -0.15) is 4.37 Å². The van der Waals surface area contributed by atoms with Crippen LogP contribution in [0.2, 0.25) is 0 Å². The fraction of sp³-hybridized carbons (Fsp3) is 0. The zero-order chi connectivity index (χ0) is 11.8. The molecule has 0 bridgehead atoms. The topological polar surface area (TPSA) is 58.9 Å². The molecule has 84 valence electrons. The molecule has 0 atom stereocenters. The third-order valence-electron chi connectivity index (χ3n) is 2.37. The number of hydrogen-bond donors (Lipinski definition) is 1. The minimum atomic E-state index is -0.311. The first kappa shape index (κ1) is 10.1. The molecule has 2 heterocycles. The van der Waals surface area contributed by atoms with E-state index in [2.05, 4.69) is 14.3 Å². The van der Waals surface area contributed by atoms with Crippen LogP contribution in [0.25, 0.3) is 21.5 Å². The Balaban J connectivity index is 2.27. The molecule has 0 aliphatic rings. The third kappa shape index (κ3) is 1.62. The summed E-state index contributed by atoms with van der Waals surface area (Å²) in [5.41, 5.74) is 1.30. The first-order valence-electron chi connectivity index (χ1n) is 4.81. The van der Waals surface area contributed by atoms with E-state index in [-0.39, 0.29) is 11.7 Å². The molecule has 0 amide bonds. The summed E-state index contributed by atoms with van der Waals surface area (Å²) in [5.74, 6) is -0.420. The molecule has 0 aliphatic carbocycles. The molecule has 0 unspecified atom stereocenters. The van der Waals surface area contributed by atoms with Gasteiger partial charge in [-0.05, 0) is 35.8 Å². The fourth-order valence-electron chi connectivity index (χ4n) is 1.58. The van der Waals surface area contributed by atoms with Crippen molar-refractivity contribution in [1.82, 2.24) is 14.3 Å². The number of rotatable bonds is 1. The maximum Gasteiger partial charge on any atom is 0.225 e. The second kappa shape index (κ2) is 3.74. The van der Waals surface area contributed by atoms with Crippen molar-refractivity contribution in [2.24, 2.45) is 0 Å². The SMILES string of the molecule is Oc1ncnc2snc(-c3ccc(F)cc3)c12. The van der Waals surface area contributed by atoms with Crippen molar-refractivity contribution in [1.29, 1.82) is 0 Å². The zero-order valence-corrected chi connectivity index (χ0v) is 9.28. The van der Waals surface area contributed by atoms with Crippen molar-refractivity contribution in [2.75, 3.05) is 0 Å². The van der Waals surface area contributed by atoms with E-state index in [1.807, 2.05) is 0 Å². The smallest absolute Gasteiger partial charge is 0.225 e. The minimum absolute atomic E-state index is 0.108. The lowest BCUT2D eigenvalue weighted by molar-refractivity contribution is 0.459. The second-order valence-corrected chi connectivity index (χ2v) is 4.17. The zero-order valence-electron chi connectivity index (χ0n) is 8.46. The van der Waals surface area contributed by atoms with Crippen molar-refractivity contribution in [3.63, 3.8) is 0 Å². The summed E-state index contributed by atoms with van der Waals surface area (Å²) >= 11 is 1.17. The highest BCUT2D eigenvalue weighted by atomic mass is 32.1. The number of benzene rings is 1. The van der Waals surface area contributed by atoms with Gasteiger partial charge in [0.25, 0.3) is 0 Å². The van der Waals surface area contributed by atoms with E-state index in [1.54, 1.807) is 12.1 Å². The number of aromatic nitrogens is 3. The molecule has 0 saturated heterocycles. The summed E-state index contributed by atoms with van der Waals surface area (Å²) < 4.78 is 17.0. The normalized spacial score (nSPS) is 10.9. The highest BCUT2D eigenvalue weighted by Gasteiger charge is 2.13. The van der Waals surface area contributed by atoms with E-state index in [0.29, 0.717) is 15.9 Å². The first-order chi connectivity index (χ1) is 8.25. The van der Waals surface area contributed by atoms with E-state index in [9.17, 15) is 9.50 Å². The van der Waals surface area contributed by atoms with Gasteiger partial charge in [0.05, 0.1) is 5.69 Å². The van der Waals surface area contributed by atoms with Crippen LogP contribution in [0.1, 0.15) is 0 Å². The van der Waals surface area contributed by atoms with Gasteiger partial charge in [-0.1, -0.05) is 0 Å². The summed E-state index contributed by atoms with van der Waals surface area (Å²) in [6, 6.07) is 5.91. The number of hydrogen-bond acceptors (Lipinski definition) is 5. The van der Waals surface area contributed by atoms with Crippen LogP contribution in [0, 0.1) is 5.82 Å². The lowest BCUT2D eigenvalue weighted by atomic mass is 10.1. The van der Waals surface area contributed by atoms with Gasteiger partial charge >= 0.3 is 0 Å². The van der Waals surface area contributed by atoms with Gasteiger partial charge < -0.3 is 5.11 Å². The average Bonchev–Trinajstić information content (AvgIpc) is 2.75. The maximum absolute atomic E-state index is 12.8. The molecule has 1 N–H and O–H groups in total. The summed E-state index contributed by atoms with van der Waals surface area (Å²) in [5, 5.41) is 10.2. The van der Waals surface area contributed by atoms with Crippen LogP contribution in [0.3, 0.4) is 0 Å². The van der Waals surface area contributed by atoms with Crippen molar-refractivity contribution in [3.8, 4) is 17.1 Å². The van der Waals surface area contributed by atoms with Gasteiger partial charge in [-0.25, -0.2) is 14.4 Å². The van der Waals surface area contributed by atoms with Crippen LogP contribution < -0.4 is 0 Å². The van der Waals surface area contributed by atoms with E-state index >= 15 is 0 Å². The van der Waals surface area contributed by atoms with Gasteiger partial charge in [-0.3, -0.25) is 0 Å². The van der Waals surface area contributed by atoms with Crippen LogP contribution in [-0.2, 0) is 0 Å². The standard InChI is InChI=1S/C11H6FN3OS/c12-7-3-1-6(2-4-7)9-8-10(16)13-5-14-11(8)17-15-9/h1-5H,(H,13,14,16). The molecule has 0 saturated carbocycles. The van der Waals surface area contributed by atoms with E-state index < -0.39 is 0 Å². The van der Waals surface area contributed by atoms with Gasteiger partial charge in [0.2, 0.25) is 5.88 Å². The monoisotopic (exact) mass is 247 g/mol. The summed E-state index contributed by atoms with van der Waals surface area (Å²) in [7, 11) is 0. The largest absolute Gasteiger partial charge is 0.493 e. The molecule has 0 aliphatic heterocycles. The van der Waals surface area contributed by atoms with E-state index in [1.165, 1.54) is 30.0 Å². The highest BCUT2D eigenvalue weighted by Crippen LogP contribution is 2.33. The Bertz CT molecular complexity index is 681. The van der Waals surface area contributed by atoms with Crippen molar-refractivity contribution < 1.29 is 9.50 Å². The average molecular weight is 247 g/mol. The van der Waals surface area contributed by atoms with Crippen molar-refractivity contribution in [2.45, 2.75) is 0 Å². The minimum Gasteiger partial charge on any atom is -0.493 e.